The fraction of sp³-hybridized carbons (Fsp3) is 0.0909. The maximum Gasteiger partial charge on any atom is 0.263 e. The number of furan rings is 1. The van der Waals surface area contributed by atoms with Gasteiger partial charge in [0.25, 0.3) is 5.91 Å². The minimum Gasteiger partial charge on any atom is -0.457 e. The molecule has 0 saturated carbocycles. The van der Waals surface area contributed by atoms with E-state index in [4.69, 9.17) is 16.6 Å². The van der Waals surface area contributed by atoms with Crippen molar-refractivity contribution >= 4 is 51.8 Å². The minimum absolute atomic E-state index is 0.0399. The molecular formula is C22H13NO4S2. The van der Waals surface area contributed by atoms with Gasteiger partial charge in [-0.15, -0.1) is 0 Å². The first kappa shape index (κ1) is 18.0. The van der Waals surface area contributed by atoms with E-state index in [-0.39, 0.29) is 17.5 Å². The van der Waals surface area contributed by atoms with Crippen LogP contribution in [-0.4, -0.2) is 21.8 Å². The van der Waals surface area contributed by atoms with Crippen molar-refractivity contribution in [3.63, 3.8) is 0 Å². The molecule has 1 fully saturated rings. The third-order valence-electron chi connectivity index (χ3n) is 5.12. The number of Topliss-reactive ketones (excluding diaryl/α,β-unsaturated/α-hetero) is 2. The molecule has 142 valence electrons. The monoisotopic (exact) mass is 419 g/mol. The van der Waals surface area contributed by atoms with Gasteiger partial charge < -0.3 is 9.73 Å². The fourth-order valence-electron chi connectivity index (χ4n) is 3.72. The Balaban J connectivity index is 1.49. The van der Waals surface area contributed by atoms with E-state index in [9.17, 15) is 14.4 Å². The smallest absolute Gasteiger partial charge is 0.263 e. The van der Waals surface area contributed by atoms with Gasteiger partial charge in [0, 0.05) is 22.8 Å². The Bertz CT molecular complexity index is 1200. The highest BCUT2D eigenvalue weighted by atomic mass is 32.2. The van der Waals surface area contributed by atoms with Crippen LogP contribution in [0.1, 0.15) is 26.5 Å². The lowest BCUT2D eigenvalue weighted by Crippen LogP contribution is -2.35. The van der Waals surface area contributed by atoms with Crippen LogP contribution in [0.4, 0.5) is 0 Å². The summed E-state index contributed by atoms with van der Waals surface area (Å²) >= 11 is 6.16. The highest BCUT2D eigenvalue weighted by Crippen LogP contribution is 2.36. The van der Waals surface area contributed by atoms with Gasteiger partial charge in [-0.25, -0.2) is 0 Å². The Morgan fingerprint density at radius 2 is 1.69 bits per heavy atom. The van der Waals surface area contributed by atoms with Crippen molar-refractivity contribution in [1.29, 1.82) is 0 Å². The van der Waals surface area contributed by atoms with Crippen LogP contribution >= 0.6 is 24.0 Å². The van der Waals surface area contributed by atoms with Gasteiger partial charge in [0.1, 0.15) is 15.8 Å². The number of hydrogen-bond donors (Lipinski definition) is 1. The first-order valence-electron chi connectivity index (χ1n) is 8.94. The van der Waals surface area contributed by atoms with Crippen molar-refractivity contribution in [2.75, 3.05) is 0 Å². The van der Waals surface area contributed by atoms with Crippen LogP contribution in [0.5, 0.6) is 0 Å². The first-order valence-corrected chi connectivity index (χ1v) is 10.2. The number of benzene rings is 1. The molecule has 29 heavy (non-hydrogen) atoms. The van der Waals surface area contributed by atoms with E-state index in [1.54, 1.807) is 60.7 Å². The lowest BCUT2D eigenvalue weighted by atomic mass is 9.72. The molecule has 1 aliphatic heterocycles. The van der Waals surface area contributed by atoms with Crippen molar-refractivity contribution in [3.05, 3.63) is 76.4 Å². The van der Waals surface area contributed by atoms with E-state index in [2.05, 4.69) is 5.32 Å². The van der Waals surface area contributed by atoms with E-state index < -0.39 is 11.8 Å². The van der Waals surface area contributed by atoms with Crippen molar-refractivity contribution in [3.8, 4) is 11.3 Å². The van der Waals surface area contributed by atoms with E-state index in [0.717, 1.165) is 0 Å². The van der Waals surface area contributed by atoms with Crippen molar-refractivity contribution in [2.45, 2.75) is 0 Å². The summed E-state index contributed by atoms with van der Waals surface area (Å²) in [7, 11) is 0. The molecule has 0 radical (unpaired) electrons. The fourth-order valence-corrected chi connectivity index (χ4v) is 4.74. The molecule has 0 spiro atoms. The van der Waals surface area contributed by atoms with E-state index >= 15 is 0 Å². The Hall–Kier alpha value is -3.03. The lowest BCUT2D eigenvalue weighted by Gasteiger charge is -2.28. The number of nitrogens with one attached hydrogen (secondary N) is 1. The number of carbonyl (C=O) groups excluding carboxylic acids is 3. The second-order valence-electron chi connectivity index (χ2n) is 6.86. The van der Waals surface area contributed by atoms with Crippen LogP contribution in [0.3, 0.4) is 0 Å². The topological polar surface area (TPSA) is 76.4 Å². The van der Waals surface area contributed by atoms with Crippen LogP contribution in [0.25, 0.3) is 17.4 Å². The predicted molar refractivity (Wildman–Crippen MR) is 114 cm³/mol. The molecule has 2 heterocycles. The van der Waals surface area contributed by atoms with Crippen LogP contribution in [0.2, 0.25) is 0 Å². The summed E-state index contributed by atoms with van der Waals surface area (Å²) in [5.41, 5.74) is 1.56. The molecule has 2 aliphatic carbocycles. The Morgan fingerprint density at radius 3 is 2.38 bits per heavy atom. The van der Waals surface area contributed by atoms with Gasteiger partial charge in [-0.05, 0) is 24.3 Å². The maximum absolute atomic E-state index is 12.9. The van der Waals surface area contributed by atoms with Crippen LogP contribution < -0.4 is 5.32 Å². The molecule has 2 atom stereocenters. The average Bonchev–Trinajstić information content (AvgIpc) is 3.32. The van der Waals surface area contributed by atoms with Crippen LogP contribution in [-0.2, 0) is 4.79 Å². The Kier molecular flexibility index (Phi) is 4.22. The number of carbonyl (C=O) groups is 3. The normalized spacial score (nSPS) is 24.1. The first-order chi connectivity index (χ1) is 14.0. The third-order valence-corrected chi connectivity index (χ3v) is 6.28. The summed E-state index contributed by atoms with van der Waals surface area (Å²) in [6.07, 6.45) is 8.81. The van der Waals surface area contributed by atoms with Gasteiger partial charge in [0.2, 0.25) is 0 Å². The molecule has 3 aliphatic rings. The largest absolute Gasteiger partial charge is 0.457 e. The van der Waals surface area contributed by atoms with Crippen LogP contribution in [0, 0.1) is 11.8 Å². The Morgan fingerprint density at radius 1 is 0.966 bits per heavy atom. The standard InChI is InChI=1S/C22H13NO4S2/c24-19-13-3-1-2-4-14(13)20(25)16-9-11(5-7-15(16)19)17-8-6-12(27-17)10-18-21(26)23-22(28)29-18/h1-10,13-14H,(H,23,26,28)/b18-10+/t13-,14-/m1/s1. The number of thiocarbonyl (C=S) groups is 1. The molecular weight excluding hydrogens is 406 g/mol. The summed E-state index contributed by atoms with van der Waals surface area (Å²) in [6, 6.07) is 8.68. The minimum atomic E-state index is -0.450. The Labute approximate surface area is 175 Å². The molecule has 2 aromatic rings. The van der Waals surface area contributed by atoms with Crippen LogP contribution in [0.15, 0.2) is 64.0 Å². The quantitative estimate of drug-likeness (QED) is 0.582. The zero-order valence-corrected chi connectivity index (χ0v) is 16.5. The second kappa shape index (κ2) is 6.79. The molecule has 1 aromatic heterocycles. The lowest BCUT2D eigenvalue weighted by molar-refractivity contribution is -0.115. The molecule has 1 aromatic carbocycles. The molecule has 5 nitrogen and oxygen atoms in total. The molecule has 0 bridgehead atoms. The zero-order valence-electron chi connectivity index (χ0n) is 14.9. The summed E-state index contributed by atoms with van der Waals surface area (Å²) in [5, 5.41) is 2.56. The number of allylic oxidation sites excluding steroid dienone is 4. The second-order valence-corrected chi connectivity index (χ2v) is 8.58. The summed E-state index contributed by atoms with van der Waals surface area (Å²) < 4.78 is 6.25. The molecule has 1 amide bonds. The summed E-state index contributed by atoms with van der Waals surface area (Å²) in [4.78, 5) is 38.0. The molecule has 1 N–H and O–H groups in total. The maximum atomic E-state index is 12.9. The number of hydrogen-bond acceptors (Lipinski definition) is 6. The SMILES string of the molecule is O=C1NC(=S)S/C1=C/c1ccc(-c2ccc3c(c2)C(=O)[C@@H]2C=CC=C[C@H]2C3=O)o1. The van der Waals surface area contributed by atoms with Gasteiger partial charge in [-0.3, -0.25) is 14.4 Å². The van der Waals surface area contributed by atoms with Gasteiger partial charge in [-0.1, -0.05) is 54.4 Å². The van der Waals surface area contributed by atoms with Gasteiger partial charge >= 0.3 is 0 Å². The highest BCUT2D eigenvalue weighted by Gasteiger charge is 2.39. The third kappa shape index (κ3) is 3.03. The number of ketones is 2. The molecule has 5 rings (SSSR count). The number of rotatable bonds is 2. The zero-order chi connectivity index (χ0) is 20.1. The van der Waals surface area contributed by atoms with Gasteiger partial charge in [-0.2, -0.15) is 0 Å². The predicted octanol–water partition coefficient (Wildman–Crippen LogP) is 4.17. The van der Waals surface area contributed by atoms with E-state index in [1.165, 1.54) is 11.8 Å². The van der Waals surface area contributed by atoms with Crippen molar-refractivity contribution in [2.24, 2.45) is 11.8 Å². The number of fused-ring (bicyclic) bond motifs is 2. The van der Waals surface area contributed by atoms with E-state index in [1.807, 2.05) is 0 Å². The highest BCUT2D eigenvalue weighted by molar-refractivity contribution is 8.26. The molecule has 0 unspecified atom stereocenters. The average molecular weight is 419 g/mol. The van der Waals surface area contributed by atoms with Crippen molar-refractivity contribution in [1.82, 2.24) is 5.32 Å². The molecule has 1 saturated heterocycles. The number of thioether (sulfide) groups is 1. The summed E-state index contributed by atoms with van der Waals surface area (Å²) in [5.74, 6) is -0.173. The number of amides is 1. The van der Waals surface area contributed by atoms with Gasteiger partial charge in [0.05, 0.1) is 16.7 Å². The van der Waals surface area contributed by atoms with E-state index in [0.29, 0.717) is 37.4 Å². The summed E-state index contributed by atoms with van der Waals surface area (Å²) in [6.45, 7) is 0. The van der Waals surface area contributed by atoms with Gasteiger partial charge in [0.15, 0.2) is 11.6 Å². The van der Waals surface area contributed by atoms with Crippen molar-refractivity contribution < 1.29 is 18.8 Å². The molecule has 7 heteroatoms.